The van der Waals surface area contributed by atoms with E-state index in [2.05, 4.69) is 47.0 Å². The third kappa shape index (κ3) is 2.89. The number of rotatable bonds is 4. The van der Waals surface area contributed by atoms with Crippen molar-refractivity contribution in [2.75, 3.05) is 0 Å². The van der Waals surface area contributed by atoms with Crippen LogP contribution in [0.1, 0.15) is 28.4 Å². The predicted molar refractivity (Wildman–Crippen MR) is 62.0 cm³/mol. The van der Waals surface area contributed by atoms with Gasteiger partial charge in [-0.2, -0.15) is 4.98 Å². The molecular formula is C12H15N3O2. The fraction of sp³-hybridized carbons (Fsp3) is 0.333. The highest BCUT2D eigenvalue weighted by molar-refractivity contribution is 5.31. The lowest BCUT2D eigenvalue weighted by atomic mass is 10.0. The van der Waals surface area contributed by atoms with Crippen LogP contribution in [-0.4, -0.2) is 10.1 Å². The summed E-state index contributed by atoms with van der Waals surface area (Å²) in [4.78, 5) is 8.59. The van der Waals surface area contributed by atoms with E-state index in [4.69, 9.17) is 10.4 Å². The van der Waals surface area contributed by atoms with E-state index in [0.717, 1.165) is 5.56 Å². The molecule has 0 bridgehead atoms. The Hall–Kier alpha value is -1.72. The third-order valence-corrected chi connectivity index (χ3v) is 2.65. The zero-order valence-corrected chi connectivity index (χ0v) is 9.93. The highest BCUT2D eigenvalue weighted by Gasteiger charge is 2.07. The number of aryl methyl sites for hydroxylation is 2. The van der Waals surface area contributed by atoms with Crippen molar-refractivity contribution in [3.05, 3.63) is 46.6 Å². The number of hydrogen-bond donors (Lipinski definition) is 1. The molecule has 5 heteroatoms. The predicted octanol–water partition coefficient (Wildman–Crippen LogP) is 1.67. The van der Waals surface area contributed by atoms with Gasteiger partial charge in [0.2, 0.25) is 0 Å². The summed E-state index contributed by atoms with van der Waals surface area (Å²) in [5, 5.41) is 3.86. The smallest absolute Gasteiger partial charge is 0.254 e. The highest BCUT2D eigenvalue weighted by Crippen LogP contribution is 2.12. The zero-order valence-electron chi connectivity index (χ0n) is 9.93. The molecule has 0 aliphatic heterocycles. The molecule has 0 amide bonds. The van der Waals surface area contributed by atoms with Gasteiger partial charge >= 0.3 is 0 Å². The van der Waals surface area contributed by atoms with Crippen LogP contribution in [0.25, 0.3) is 0 Å². The Kier molecular flexibility index (Phi) is 3.51. The van der Waals surface area contributed by atoms with Gasteiger partial charge in [-0.15, -0.1) is 0 Å². The van der Waals surface area contributed by atoms with E-state index in [-0.39, 0.29) is 6.61 Å². The fourth-order valence-corrected chi connectivity index (χ4v) is 1.59. The standard InChI is InChI=1S/C12H15N3O2/c1-8-3-4-10(5-9(8)2)6-11-14-12(7-16-13)17-15-11/h3-5H,6-7,13H2,1-2H3. The van der Waals surface area contributed by atoms with Gasteiger partial charge in [-0.1, -0.05) is 23.4 Å². The number of nitrogens with zero attached hydrogens (tertiary/aromatic N) is 2. The molecule has 90 valence electrons. The molecule has 0 unspecified atom stereocenters. The van der Waals surface area contributed by atoms with Gasteiger partial charge in [0, 0.05) is 6.42 Å². The lowest BCUT2D eigenvalue weighted by Crippen LogP contribution is -1.99. The Balaban J connectivity index is 2.11. The molecule has 0 radical (unpaired) electrons. The minimum Gasteiger partial charge on any atom is -0.337 e. The maximum absolute atomic E-state index is 4.97. The van der Waals surface area contributed by atoms with Crippen LogP contribution in [0.2, 0.25) is 0 Å². The molecule has 5 nitrogen and oxygen atoms in total. The lowest BCUT2D eigenvalue weighted by molar-refractivity contribution is 0.0995. The maximum atomic E-state index is 4.97. The van der Waals surface area contributed by atoms with Crippen molar-refractivity contribution in [3.8, 4) is 0 Å². The molecule has 0 saturated carbocycles. The van der Waals surface area contributed by atoms with Crippen molar-refractivity contribution in [1.82, 2.24) is 10.1 Å². The molecule has 1 aromatic carbocycles. The molecule has 0 spiro atoms. The van der Waals surface area contributed by atoms with Crippen LogP contribution in [0.15, 0.2) is 22.7 Å². The Labute approximate surface area is 99.5 Å². The van der Waals surface area contributed by atoms with E-state index in [1.807, 2.05) is 0 Å². The minimum atomic E-state index is 0.139. The summed E-state index contributed by atoms with van der Waals surface area (Å²) >= 11 is 0. The second-order valence-corrected chi connectivity index (χ2v) is 4.01. The molecular weight excluding hydrogens is 218 g/mol. The summed E-state index contributed by atoms with van der Waals surface area (Å²) in [6, 6.07) is 6.29. The zero-order chi connectivity index (χ0) is 12.3. The van der Waals surface area contributed by atoms with Crippen molar-refractivity contribution in [1.29, 1.82) is 0 Å². The summed E-state index contributed by atoms with van der Waals surface area (Å²) in [5.41, 5.74) is 3.70. The molecule has 0 saturated heterocycles. The van der Waals surface area contributed by atoms with Gasteiger partial charge in [0.1, 0.15) is 6.61 Å². The van der Waals surface area contributed by atoms with Crippen molar-refractivity contribution >= 4 is 0 Å². The average molecular weight is 233 g/mol. The number of aromatic nitrogens is 2. The van der Waals surface area contributed by atoms with Crippen LogP contribution in [0.5, 0.6) is 0 Å². The molecule has 17 heavy (non-hydrogen) atoms. The van der Waals surface area contributed by atoms with Crippen LogP contribution in [0, 0.1) is 13.8 Å². The highest BCUT2D eigenvalue weighted by atomic mass is 16.6. The molecule has 1 aromatic heterocycles. The largest absolute Gasteiger partial charge is 0.337 e. The van der Waals surface area contributed by atoms with Crippen molar-refractivity contribution in [2.24, 2.45) is 5.90 Å². The summed E-state index contributed by atoms with van der Waals surface area (Å²) in [6.07, 6.45) is 0.648. The van der Waals surface area contributed by atoms with Crippen LogP contribution in [-0.2, 0) is 17.9 Å². The van der Waals surface area contributed by atoms with E-state index in [9.17, 15) is 0 Å². The fourth-order valence-electron chi connectivity index (χ4n) is 1.59. The minimum absolute atomic E-state index is 0.139. The summed E-state index contributed by atoms with van der Waals surface area (Å²) < 4.78 is 4.97. The van der Waals surface area contributed by atoms with Crippen LogP contribution < -0.4 is 5.90 Å². The second kappa shape index (κ2) is 5.07. The Morgan fingerprint density at radius 1 is 1.29 bits per heavy atom. The molecule has 0 aliphatic carbocycles. The lowest BCUT2D eigenvalue weighted by Gasteiger charge is -2.02. The third-order valence-electron chi connectivity index (χ3n) is 2.65. The first-order valence-corrected chi connectivity index (χ1v) is 5.38. The number of hydrogen-bond acceptors (Lipinski definition) is 5. The first kappa shape index (κ1) is 11.8. The van der Waals surface area contributed by atoms with Crippen molar-refractivity contribution in [2.45, 2.75) is 26.9 Å². The SMILES string of the molecule is Cc1ccc(Cc2noc(CON)n2)cc1C. The maximum Gasteiger partial charge on any atom is 0.254 e. The summed E-state index contributed by atoms with van der Waals surface area (Å²) in [5.74, 6) is 5.97. The Morgan fingerprint density at radius 2 is 2.12 bits per heavy atom. The van der Waals surface area contributed by atoms with Gasteiger partial charge in [0.15, 0.2) is 5.82 Å². The van der Waals surface area contributed by atoms with Crippen LogP contribution in [0.4, 0.5) is 0 Å². The Bertz CT molecular complexity index is 508. The normalized spacial score (nSPS) is 10.8. The quantitative estimate of drug-likeness (QED) is 0.813. The molecule has 0 atom stereocenters. The van der Waals surface area contributed by atoms with E-state index in [1.165, 1.54) is 11.1 Å². The molecule has 2 rings (SSSR count). The molecule has 1 heterocycles. The molecule has 2 aromatic rings. The summed E-state index contributed by atoms with van der Waals surface area (Å²) in [6.45, 7) is 4.31. The monoisotopic (exact) mass is 233 g/mol. The van der Waals surface area contributed by atoms with Gasteiger partial charge in [-0.3, -0.25) is 4.84 Å². The first-order valence-electron chi connectivity index (χ1n) is 5.38. The topological polar surface area (TPSA) is 74.2 Å². The van der Waals surface area contributed by atoms with Crippen LogP contribution in [0.3, 0.4) is 0 Å². The molecule has 0 fully saturated rings. The number of nitrogens with two attached hydrogens (primary N) is 1. The second-order valence-electron chi connectivity index (χ2n) is 4.01. The van der Waals surface area contributed by atoms with Gasteiger partial charge in [-0.05, 0) is 30.5 Å². The van der Waals surface area contributed by atoms with Crippen molar-refractivity contribution < 1.29 is 9.36 Å². The van der Waals surface area contributed by atoms with Gasteiger partial charge in [0.25, 0.3) is 5.89 Å². The molecule has 0 aliphatic rings. The van der Waals surface area contributed by atoms with E-state index >= 15 is 0 Å². The van der Waals surface area contributed by atoms with E-state index in [1.54, 1.807) is 0 Å². The Morgan fingerprint density at radius 3 is 2.82 bits per heavy atom. The van der Waals surface area contributed by atoms with E-state index in [0.29, 0.717) is 18.1 Å². The van der Waals surface area contributed by atoms with Gasteiger partial charge in [0.05, 0.1) is 0 Å². The first-order chi connectivity index (χ1) is 8.19. The average Bonchev–Trinajstić information content (AvgIpc) is 2.72. The molecule has 2 N–H and O–H groups in total. The van der Waals surface area contributed by atoms with Crippen LogP contribution >= 0.6 is 0 Å². The number of benzene rings is 1. The van der Waals surface area contributed by atoms with E-state index < -0.39 is 0 Å². The van der Waals surface area contributed by atoms with Crippen molar-refractivity contribution in [3.63, 3.8) is 0 Å². The summed E-state index contributed by atoms with van der Waals surface area (Å²) in [7, 11) is 0. The van der Waals surface area contributed by atoms with Gasteiger partial charge in [-0.25, -0.2) is 5.90 Å². The van der Waals surface area contributed by atoms with Gasteiger partial charge < -0.3 is 4.52 Å².